The summed E-state index contributed by atoms with van der Waals surface area (Å²) in [7, 11) is 0. The predicted octanol–water partition coefficient (Wildman–Crippen LogP) is 1.68. The molecule has 0 aromatic heterocycles. The summed E-state index contributed by atoms with van der Waals surface area (Å²) in [5.74, 6) is 0. The molecule has 0 aliphatic carbocycles. The summed E-state index contributed by atoms with van der Waals surface area (Å²) < 4.78 is 0.254. The van der Waals surface area contributed by atoms with Crippen LogP contribution >= 0.6 is 22.6 Å². The number of nitrogens with zero attached hydrogens (tertiary/aromatic N) is 1. The minimum Gasteiger partial charge on any atom is -0.303 e. The highest BCUT2D eigenvalue weighted by molar-refractivity contribution is 14.1. The zero-order valence-electron chi connectivity index (χ0n) is 6.56. The monoisotopic (exact) mass is 255 g/mol. The average molecular weight is 255 g/mol. The lowest BCUT2D eigenvalue weighted by molar-refractivity contribution is -0.109. The standard InChI is InChI=1S/C7H14INO/c1-3-9(4-2)6-5-7(8)10/h3-6H2,1-2H3. The van der Waals surface area contributed by atoms with Gasteiger partial charge in [-0.1, -0.05) is 13.8 Å². The number of carbonyl (C=O) groups excluding carboxylic acids is 1. The molecule has 0 radical (unpaired) electrons. The smallest absolute Gasteiger partial charge is 0.193 e. The van der Waals surface area contributed by atoms with Crippen LogP contribution in [0.1, 0.15) is 20.3 Å². The predicted molar refractivity (Wildman–Crippen MR) is 51.4 cm³/mol. The molecule has 0 aliphatic rings. The van der Waals surface area contributed by atoms with Gasteiger partial charge in [-0.15, -0.1) is 0 Å². The lowest BCUT2D eigenvalue weighted by Crippen LogP contribution is -2.24. The zero-order chi connectivity index (χ0) is 7.98. The summed E-state index contributed by atoms with van der Waals surface area (Å²) in [4.78, 5) is 12.8. The Balaban J connectivity index is 3.34. The first kappa shape index (κ1) is 10.4. The van der Waals surface area contributed by atoms with E-state index in [2.05, 4.69) is 18.7 Å². The number of rotatable bonds is 5. The van der Waals surface area contributed by atoms with E-state index in [1.165, 1.54) is 0 Å². The van der Waals surface area contributed by atoms with Crippen molar-refractivity contribution in [1.29, 1.82) is 0 Å². The second-order valence-corrected chi connectivity index (χ2v) is 3.34. The fourth-order valence-electron chi connectivity index (χ4n) is 0.786. The summed E-state index contributed by atoms with van der Waals surface area (Å²) in [6.07, 6.45) is 0.683. The number of hydrogen-bond acceptors (Lipinski definition) is 2. The van der Waals surface area contributed by atoms with Gasteiger partial charge in [0.25, 0.3) is 0 Å². The van der Waals surface area contributed by atoms with E-state index in [0.29, 0.717) is 6.42 Å². The van der Waals surface area contributed by atoms with Crippen LogP contribution in [0.25, 0.3) is 0 Å². The Morgan fingerprint density at radius 3 is 2.20 bits per heavy atom. The van der Waals surface area contributed by atoms with Crippen LogP contribution in [0.2, 0.25) is 0 Å². The van der Waals surface area contributed by atoms with Gasteiger partial charge in [0, 0.05) is 13.0 Å². The third-order valence-corrected chi connectivity index (χ3v) is 2.06. The molecular weight excluding hydrogens is 241 g/mol. The van der Waals surface area contributed by atoms with Gasteiger partial charge in [0.2, 0.25) is 0 Å². The first-order chi connectivity index (χ1) is 4.70. The molecule has 60 valence electrons. The summed E-state index contributed by atoms with van der Waals surface area (Å²) in [6, 6.07) is 0. The first-order valence-corrected chi connectivity index (χ1v) is 4.69. The minimum atomic E-state index is 0.254. The van der Waals surface area contributed by atoms with Gasteiger partial charge in [-0.05, 0) is 35.7 Å². The highest BCUT2D eigenvalue weighted by Gasteiger charge is 2.00. The summed E-state index contributed by atoms with van der Waals surface area (Å²) in [6.45, 7) is 7.22. The highest BCUT2D eigenvalue weighted by atomic mass is 127. The molecule has 0 fully saturated rings. The normalized spacial score (nSPS) is 10.4. The lowest BCUT2D eigenvalue weighted by Gasteiger charge is -2.15. The van der Waals surface area contributed by atoms with E-state index in [-0.39, 0.29) is 3.79 Å². The highest BCUT2D eigenvalue weighted by Crippen LogP contribution is 1.96. The molecule has 0 bridgehead atoms. The van der Waals surface area contributed by atoms with E-state index in [9.17, 15) is 4.79 Å². The molecule has 0 saturated carbocycles. The second kappa shape index (κ2) is 6.09. The van der Waals surface area contributed by atoms with Crippen LogP contribution in [-0.2, 0) is 4.79 Å². The first-order valence-electron chi connectivity index (χ1n) is 3.61. The Hall–Kier alpha value is 0.360. The van der Waals surface area contributed by atoms with Crippen molar-refractivity contribution in [3.8, 4) is 0 Å². The molecule has 0 spiro atoms. The van der Waals surface area contributed by atoms with Crippen LogP contribution in [0.3, 0.4) is 0 Å². The van der Waals surface area contributed by atoms with Crippen molar-refractivity contribution in [3.05, 3.63) is 0 Å². The van der Waals surface area contributed by atoms with Gasteiger partial charge in [0.15, 0.2) is 3.79 Å². The molecule has 3 heteroatoms. The molecular formula is C7H14INO. The molecule has 0 amide bonds. The van der Waals surface area contributed by atoms with Crippen molar-refractivity contribution in [2.45, 2.75) is 20.3 Å². The van der Waals surface area contributed by atoms with Gasteiger partial charge in [0.05, 0.1) is 0 Å². The van der Waals surface area contributed by atoms with Gasteiger partial charge in [0.1, 0.15) is 0 Å². The van der Waals surface area contributed by atoms with Crippen molar-refractivity contribution >= 4 is 26.4 Å². The van der Waals surface area contributed by atoms with Crippen molar-refractivity contribution in [3.63, 3.8) is 0 Å². The van der Waals surface area contributed by atoms with Crippen LogP contribution in [0.5, 0.6) is 0 Å². The molecule has 0 saturated heterocycles. The largest absolute Gasteiger partial charge is 0.303 e. The molecule has 0 heterocycles. The third kappa shape index (κ3) is 5.17. The van der Waals surface area contributed by atoms with Gasteiger partial charge in [-0.2, -0.15) is 0 Å². The fourth-order valence-corrected chi connectivity index (χ4v) is 1.03. The Bertz CT molecular complexity index is 102. The van der Waals surface area contributed by atoms with Gasteiger partial charge in [-0.25, -0.2) is 0 Å². The summed E-state index contributed by atoms with van der Waals surface area (Å²) in [5, 5.41) is 0. The topological polar surface area (TPSA) is 20.3 Å². The maximum atomic E-state index is 10.5. The number of carbonyl (C=O) groups is 1. The van der Waals surface area contributed by atoms with Crippen LogP contribution in [0.4, 0.5) is 0 Å². The molecule has 0 N–H and O–H groups in total. The SMILES string of the molecule is CCN(CC)CCC(=O)I. The lowest BCUT2D eigenvalue weighted by atomic mass is 10.4. The van der Waals surface area contributed by atoms with E-state index in [0.717, 1.165) is 19.6 Å². The van der Waals surface area contributed by atoms with Crippen molar-refractivity contribution in [2.75, 3.05) is 19.6 Å². The number of halogens is 1. The van der Waals surface area contributed by atoms with Crippen LogP contribution in [0, 0.1) is 0 Å². The Morgan fingerprint density at radius 1 is 1.40 bits per heavy atom. The van der Waals surface area contributed by atoms with Crippen LogP contribution in [-0.4, -0.2) is 28.3 Å². The molecule has 10 heavy (non-hydrogen) atoms. The Morgan fingerprint density at radius 2 is 1.90 bits per heavy atom. The second-order valence-electron chi connectivity index (χ2n) is 2.13. The molecule has 2 nitrogen and oxygen atoms in total. The van der Waals surface area contributed by atoms with Crippen molar-refractivity contribution in [1.82, 2.24) is 4.90 Å². The third-order valence-electron chi connectivity index (χ3n) is 1.52. The minimum absolute atomic E-state index is 0.254. The maximum absolute atomic E-state index is 10.5. The van der Waals surface area contributed by atoms with Gasteiger partial charge in [-0.3, -0.25) is 4.79 Å². The molecule has 0 aromatic rings. The summed E-state index contributed by atoms with van der Waals surface area (Å²) in [5.41, 5.74) is 0. The summed E-state index contributed by atoms with van der Waals surface area (Å²) >= 11 is 1.84. The van der Waals surface area contributed by atoms with Crippen LogP contribution < -0.4 is 0 Å². The Labute approximate surface area is 76.1 Å². The Kier molecular flexibility index (Phi) is 6.31. The van der Waals surface area contributed by atoms with E-state index < -0.39 is 0 Å². The van der Waals surface area contributed by atoms with E-state index in [1.807, 2.05) is 22.6 Å². The molecule has 0 atom stereocenters. The molecule has 0 unspecified atom stereocenters. The van der Waals surface area contributed by atoms with E-state index >= 15 is 0 Å². The fraction of sp³-hybridized carbons (Fsp3) is 0.857. The van der Waals surface area contributed by atoms with Crippen molar-refractivity contribution in [2.24, 2.45) is 0 Å². The van der Waals surface area contributed by atoms with Gasteiger partial charge < -0.3 is 4.90 Å². The maximum Gasteiger partial charge on any atom is 0.193 e. The molecule has 0 aliphatic heterocycles. The molecule has 0 rings (SSSR count). The van der Waals surface area contributed by atoms with Crippen LogP contribution in [0.15, 0.2) is 0 Å². The number of hydrogen-bond donors (Lipinski definition) is 0. The zero-order valence-corrected chi connectivity index (χ0v) is 8.72. The quantitative estimate of drug-likeness (QED) is 0.550. The van der Waals surface area contributed by atoms with Crippen molar-refractivity contribution < 1.29 is 4.79 Å². The van der Waals surface area contributed by atoms with E-state index in [4.69, 9.17) is 0 Å². The van der Waals surface area contributed by atoms with E-state index in [1.54, 1.807) is 0 Å². The average Bonchev–Trinajstić information content (AvgIpc) is 1.90. The molecule has 0 aromatic carbocycles. The van der Waals surface area contributed by atoms with Gasteiger partial charge >= 0.3 is 0 Å².